The monoisotopic (exact) mass is 709 g/mol. The van der Waals surface area contributed by atoms with Gasteiger partial charge in [-0.25, -0.2) is 28.3 Å². The van der Waals surface area contributed by atoms with E-state index in [-0.39, 0.29) is 36.4 Å². The molecule has 0 bridgehead atoms. The molecule has 3 aliphatic heterocycles. The molecular formula is C33H33Cl2N7O5S. The number of amides is 2. The third-order valence-electron chi connectivity index (χ3n) is 9.34. The van der Waals surface area contributed by atoms with Crippen LogP contribution in [0.15, 0.2) is 72.4 Å². The van der Waals surface area contributed by atoms with Gasteiger partial charge in [0.1, 0.15) is 17.9 Å². The molecule has 3 atom stereocenters. The molecule has 2 aromatic carbocycles. The zero-order chi connectivity index (χ0) is 33.8. The summed E-state index contributed by atoms with van der Waals surface area (Å²) in [7, 11) is -4.34. The van der Waals surface area contributed by atoms with Gasteiger partial charge in [0.2, 0.25) is 11.9 Å². The number of hydrogen-bond donors (Lipinski definition) is 1. The van der Waals surface area contributed by atoms with E-state index in [1.165, 1.54) is 26.3 Å². The number of hydrogen-bond acceptors (Lipinski definition) is 8. The summed E-state index contributed by atoms with van der Waals surface area (Å²) in [6, 6.07) is 11.3. The predicted molar refractivity (Wildman–Crippen MR) is 179 cm³/mol. The Morgan fingerprint density at radius 1 is 0.979 bits per heavy atom. The number of rotatable bonds is 7. The topological polar surface area (TPSA) is 142 Å². The Morgan fingerprint density at radius 3 is 2.35 bits per heavy atom. The van der Waals surface area contributed by atoms with Crippen molar-refractivity contribution < 1.29 is 23.1 Å². The number of anilines is 2. The van der Waals surface area contributed by atoms with Crippen LogP contribution < -0.4 is 4.90 Å². The fourth-order valence-electron chi connectivity index (χ4n) is 7.03. The number of benzene rings is 2. The van der Waals surface area contributed by atoms with Gasteiger partial charge in [-0.3, -0.25) is 14.2 Å². The lowest BCUT2D eigenvalue weighted by Crippen LogP contribution is -2.52. The highest BCUT2D eigenvalue weighted by molar-refractivity contribution is 7.89. The maximum absolute atomic E-state index is 14.6. The number of piperidine rings is 1. The summed E-state index contributed by atoms with van der Waals surface area (Å²) in [5.74, 6) is -0.648. The predicted octanol–water partition coefficient (Wildman–Crippen LogP) is 4.42. The van der Waals surface area contributed by atoms with Gasteiger partial charge in [0.25, 0.3) is 15.9 Å². The number of aliphatic hydroxyl groups excluding tert-OH is 1. The van der Waals surface area contributed by atoms with Crippen LogP contribution >= 0.6 is 23.2 Å². The molecule has 0 saturated carbocycles. The van der Waals surface area contributed by atoms with Crippen LogP contribution in [0, 0.1) is 0 Å². The van der Waals surface area contributed by atoms with E-state index in [2.05, 4.69) is 15.0 Å². The van der Waals surface area contributed by atoms with E-state index in [9.17, 15) is 23.1 Å². The maximum Gasteiger partial charge on any atom is 0.261 e. The quantitative estimate of drug-likeness (QED) is 0.297. The largest absolute Gasteiger partial charge is 0.391 e. The van der Waals surface area contributed by atoms with Gasteiger partial charge in [-0.2, -0.15) is 4.31 Å². The molecule has 0 radical (unpaired) electrons. The first-order valence-corrected chi connectivity index (χ1v) is 17.9. The van der Waals surface area contributed by atoms with Crippen molar-refractivity contribution in [2.24, 2.45) is 0 Å². The Hall–Kier alpha value is -3.88. The maximum atomic E-state index is 14.6. The van der Waals surface area contributed by atoms with E-state index in [1.807, 2.05) is 24.3 Å². The summed E-state index contributed by atoms with van der Waals surface area (Å²) in [6.45, 7) is 2.46. The van der Waals surface area contributed by atoms with Crippen molar-refractivity contribution in [3.05, 3.63) is 83.0 Å². The molecule has 15 heteroatoms. The van der Waals surface area contributed by atoms with Gasteiger partial charge in [-0.05, 0) is 61.9 Å². The molecule has 2 amide bonds. The Morgan fingerprint density at radius 2 is 1.67 bits per heavy atom. The van der Waals surface area contributed by atoms with Crippen molar-refractivity contribution in [1.82, 2.24) is 28.7 Å². The summed E-state index contributed by atoms with van der Waals surface area (Å²) in [5, 5.41) is 10.6. The Kier molecular flexibility index (Phi) is 8.53. The fourth-order valence-corrected chi connectivity index (χ4v) is 9.39. The minimum absolute atomic E-state index is 0.0960. The summed E-state index contributed by atoms with van der Waals surface area (Å²) in [4.78, 5) is 43.7. The average molecular weight is 711 g/mol. The van der Waals surface area contributed by atoms with Gasteiger partial charge < -0.3 is 10.0 Å². The summed E-state index contributed by atoms with van der Waals surface area (Å²) < 4.78 is 31.8. The van der Waals surface area contributed by atoms with Gasteiger partial charge in [0.15, 0.2) is 5.03 Å². The number of fused-ring (bicyclic) bond motifs is 1. The number of likely N-dealkylation sites (tertiary alicyclic amines) is 1. The molecule has 48 heavy (non-hydrogen) atoms. The second-order valence-corrected chi connectivity index (χ2v) is 15.3. The molecule has 1 unspecified atom stereocenters. The van der Waals surface area contributed by atoms with E-state index < -0.39 is 33.6 Å². The Balaban J connectivity index is 1.29. The number of imidazole rings is 1. The molecular weight excluding hydrogens is 677 g/mol. The Labute approximate surface area is 288 Å². The molecule has 12 nitrogen and oxygen atoms in total. The molecule has 250 valence electrons. The second kappa shape index (κ2) is 12.5. The van der Waals surface area contributed by atoms with Crippen molar-refractivity contribution in [1.29, 1.82) is 0 Å². The molecule has 1 N–H and O–H groups in total. The molecule has 2 aromatic heterocycles. The number of nitrogens with zero attached hydrogens (tertiary/aromatic N) is 7. The molecule has 7 rings (SSSR count). The number of aromatic nitrogens is 4. The molecule has 2 fully saturated rings. The highest BCUT2D eigenvalue weighted by Gasteiger charge is 2.53. The number of sulfonamides is 1. The first kappa shape index (κ1) is 32.7. The zero-order valence-corrected chi connectivity index (χ0v) is 28.4. The van der Waals surface area contributed by atoms with E-state index in [1.54, 1.807) is 42.4 Å². The van der Waals surface area contributed by atoms with Crippen molar-refractivity contribution in [2.45, 2.75) is 61.7 Å². The molecule has 2 saturated heterocycles. The van der Waals surface area contributed by atoms with Crippen molar-refractivity contribution in [3.63, 3.8) is 0 Å². The smallest absolute Gasteiger partial charge is 0.261 e. The van der Waals surface area contributed by atoms with Crippen LogP contribution in [0.2, 0.25) is 10.0 Å². The highest BCUT2D eigenvalue weighted by Crippen LogP contribution is 2.45. The van der Waals surface area contributed by atoms with E-state index in [0.29, 0.717) is 48.0 Å². The number of carbonyl (C=O) groups is 2. The van der Waals surface area contributed by atoms with E-state index >= 15 is 0 Å². The van der Waals surface area contributed by atoms with Crippen LogP contribution in [0.3, 0.4) is 0 Å². The minimum Gasteiger partial charge on any atom is -0.391 e. The summed E-state index contributed by atoms with van der Waals surface area (Å²) in [6.07, 6.45) is 7.70. The second-order valence-electron chi connectivity index (χ2n) is 12.6. The fraction of sp³-hybridized carbons (Fsp3) is 0.364. The standard InChI is InChI=1S/C33H33Cl2N7O5S/c1-33(15-21-6-8-22(9-7-21)23-16-36-20-37-17-23)31(45)41(26-13-24(34)12-25(35)14-26)32-38-18-29(42(32)33)48(46,47)40-11-3-5-28(40)30(44)39-10-2-4-27(43)19-39/h6-9,12-14,16-18,20,27-28,43H,2-5,10-11,15,19H2,1H3/t27-,28?,33+/m0/s1. The normalized spacial score (nSPS) is 23.1. The van der Waals surface area contributed by atoms with Crippen LogP contribution in [-0.4, -0.2) is 85.8 Å². The Bertz CT molecular complexity index is 1970. The highest BCUT2D eigenvalue weighted by atomic mass is 35.5. The molecule has 5 heterocycles. The zero-order valence-electron chi connectivity index (χ0n) is 26.0. The van der Waals surface area contributed by atoms with Crippen LogP contribution in [0.4, 0.5) is 11.6 Å². The number of β-amino-alcohol motifs (C(OH)–C–C–N with tert-alkyl or cyclic N) is 1. The van der Waals surface area contributed by atoms with Crippen LogP contribution in [0.5, 0.6) is 0 Å². The van der Waals surface area contributed by atoms with Crippen molar-refractivity contribution in [3.8, 4) is 11.1 Å². The van der Waals surface area contributed by atoms with Crippen LogP contribution in [-0.2, 0) is 31.6 Å². The molecule has 0 spiro atoms. The number of aliphatic hydroxyl groups is 1. The molecule has 4 aromatic rings. The average Bonchev–Trinajstić information content (AvgIpc) is 3.78. The van der Waals surface area contributed by atoms with E-state index in [0.717, 1.165) is 16.7 Å². The van der Waals surface area contributed by atoms with Crippen molar-refractivity contribution >= 4 is 56.7 Å². The van der Waals surface area contributed by atoms with Crippen LogP contribution in [0.25, 0.3) is 11.1 Å². The van der Waals surface area contributed by atoms with E-state index in [4.69, 9.17) is 23.2 Å². The lowest BCUT2D eigenvalue weighted by atomic mass is 9.91. The number of carbonyl (C=O) groups excluding carboxylic acids is 2. The van der Waals surface area contributed by atoms with Gasteiger partial charge >= 0.3 is 0 Å². The summed E-state index contributed by atoms with van der Waals surface area (Å²) >= 11 is 12.7. The first-order valence-electron chi connectivity index (χ1n) is 15.7. The van der Waals surface area contributed by atoms with Crippen LogP contribution in [0.1, 0.15) is 38.2 Å². The van der Waals surface area contributed by atoms with Gasteiger partial charge in [0, 0.05) is 54.1 Å². The SMILES string of the molecule is C[C@@]1(Cc2ccc(-c3cncnc3)cc2)C(=O)N(c2cc(Cl)cc(Cl)c2)c2ncc(S(=O)(=O)N3CCCC3C(=O)N3CCC[C@H](O)C3)n21. The number of halogens is 2. The third kappa shape index (κ3) is 5.67. The van der Waals surface area contributed by atoms with Gasteiger partial charge in [0.05, 0.1) is 18.0 Å². The summed E-state index contributed by atoms with van der Waals surface area (Å²) in [5.41, 5.74) is 1.38. The van der Waals surface area contributed by atoms with Gasteiger partial charge in [-0.15, -0.1) is 0 Å². The van der Waals surface area contributed by atoms with Gasteiger partial charge in [-0.1, -0.05) is 47.5 Å². The lowest BCUT2D eigenvalue weighted by molar-refractivity contribution is -0.137. The molecule has 0 aliphatic carbocycles. The first-order chi connectivity index (χ1) is 23.0. The lowest BCUT2D eigenvalue weighted by Gasteiger charge is -2.34. The molecule has 3 aliphatic rings. The van der Waals surface area contributed by atoms with Crippen molar-refractivity contribution in [2.75, 3.05) is 24.5 Å². The third-order valence-corrected chi connectivity index (χ3v) is 11.6. The minimum atomic E-state index is -4.34.